The van der Waals surface area contributed by atoms with Crippen LogP contribution >= 0.6 is 22.7 Å². The molecule has 0 saturated heterocycles. The number of aromatic carboxylic acids is 2. The predicted octanol–water partition coefficient (Wildman–Crippen LogP) is -0.158. The Morgan fingerprint density at radius 2 is 1.24 bits per heavy atom. The van der Waals surface area contributed by atoms with Crippen molar-refractivity contribution in [2.45, 2.75) is 0 Å². The van der Waals surface area contributed by atoms with Crippen LogP contribution in [0.4, 0.5) is 0 Å². The molecule has 4 nitrogen and oxygen atoms in total. The summed E-state index contributed by atoms with van der Waals surface area (Å²) in [4.78, 5) is 20.5. The van der Waals surface area contributed by atoms with Crippen molar-refractivity contribution in [1.82, 2.24) is 0 Å². The zero-order chi connectivity index (χ0) is 12.0. The standard InChI is InChI=1S/2C5H4O2S.Ca/c2*6-5(7)4-2-1-3-8-4;/h2*1-3H,(H,6,7);/q;;+2/p-2. The van der Waals surface area contributed by atoms with Gasteiger partial charge in [-0.2, -0.15) is 0 Å². The SMILES string of the molecule is O=C([O-])c1cccs1.O=C([O-])c1cccs1.[Ca+2]. The van der Waals surface area contributed by atoms with Gasteiger partial charge in [0.15, 0.2) is 0 Å². The molecule has 17 heavy (non-hydrogen) atoms. The van der Waals surface area contributed by atoms with Crippen molar-refractivity contribution in [3.63, 3.8) is 0 Å². The van der Waals surface area contributed by atoms with Crippen molar-refractivity contribution in [2.24, 2.45) is 0 Å². The minimum Gasteiger partial charge on any atom is -0.544 e. The van der Waals surface area contributed by atoms with E-state index in [1.165, 1.54) is 34.8 Å². The van der Waals surface area contributed by atoms with Crippen LogP contribution in [0.1, 0.15) is 19.3 Å². The number of carboxylic acid groups (broad SMARTS) is 2. The van der Waals surface area contributed by atoms with Crippen LogP contribution in [-0.2, 0) is 0 Å². The maximum atomic E-state index is 9.96. The van der Waals surface area contributed by atoms with Crippen molar-refractivity contribution in [3.05, 3.63) is 44.8 Å². The normalized spacial score (nSPS) is 8.47. The molecule has 0 unspecified atom stereocenters. The average Bonchev–Trinajstić information content (AvgIpc) is 2.93. The van der Waals surface area contributed by atoms with Crippen LogP contribution < -0.4 is 10.2 Å². The second-order valence-corrected chi connectivity index (χ2v) is 4.42. The van der Waals surface area contributed by atoms with Gasteiger partial charge in [-0.1, -0.05) is 12.1 Å². The third-order valence-electron chi connectivity index (χ3n) is 1.44. The van der Waals surface area contributed by atoms with Gasteiger partial charge in [-0.3, -0.25) is 0 Å². The van der Waals surface area contributed by atoms with Gasteiger partial charge in [0, 0.05) is 9.75 Å². The van der Waals surface area contributed by atoms with E-state index < -0.39 is 11.9 Å². The van der Waals surface area contributed by atoms with Gasteiger partial charge in [-0.25, -0.2) is 0 Å². The Labute approximate surface area is 136 Å². The first kappa shape index (κ1) is 16.6. The molecule has 0 aliphatic heterocycles. The molecule has 2 rings (SSSR count). The molecule has 2 heterocycles. The molecule has 0 atom stereocenters. The van der Waals surface area contributed by atoms with E-state index in [0.29, 0.717) is 0 Å². The van der Waals surface area contributed by atoms with Gasteiger partial charge >= 0.3 is 37.7 Å². The second-order valence-electron chi connectivity index (χ2n) is 2.53. The number of carbonyl (C=O) groups excluding carboxylic acids is 2. The van der Waals surface area contributed by atoms with Gasteiger partial charge < -0.3 is 19.8 Å². The Morgan fingerprint density at radius 1 is 0.882 bits per heavy atom. The minimum atomic E-state index is -1.10. The summed E-state index contributed by atoms with van der Waals surface area (Å²) in [5, 5.41) is 23.3. The van der Waals surface area contributed by atoms with E-state index in [0.717, 1.165) is 0 Å². The van der Waals surface area contributed by atoms with Crippen LogP contribution in [0.2, 0.25) is 0 Å². The summed E-state index contributed by atoms with van der Waals surface area (Å²) in [5.41, 5.74) is 0. The number of rotatable bonds is 2. The molecular weight excluding hydrogens is 288 g/mol. The molecule has 84 valence electrons. The van der Waals surface area contributed by atoms with Crippen LogP contribution in [0, 0.1) is 0 Å². The van der Waals surface area contributed by atoms with Gasteiger partial charge in [0.2, 0.25) is 0 Å². The Balaban J connectivity index is 0.000000284. The van der Waals surface area contributed by atoms with E-state index in [4.69, 9.17) is 0 Å². The molecule has 0 N–H and O–H groups in total. The van der Waals surface area contributed by atoms with Crippen molar-refractivity contribution in [2.75, 3.05) is 0 Å². The predicted molar refractivity (Wildman–Crippen MR) is 63.1 cm³/mol. The zero-order valence-corrected chi connectivity index (χ0v) is 12.5. The number of thiophene rings is 2. The van der Waals surface area contributed by atoms with Crippen LogP contribution in [0.5, 0.6) is 0 Å². The van der Waals surface area contributed by atoms with Gasteiger partial charge in [-0.15, -0.1) is 22.7 Å². The maximum Gasteiger partial charge on any atom is 2.00 e. The fraction of sp³-hybridized carbons (Fsp3) is 0. The summed E-state index contributed by atoms with van der Waals surface area (Å²) in [7, 11) is 0. The smallest absolute Gasteiger partial charge is 0.544 e. The molecular formula is C10H6CaO4S2. The molecule has 0 spiro atoms. The monoisotopic (exact) mass is 294 g/mol. The molecule has 2 aromatic heterocycles. The summed E-state index contributed by atoms with van der Waals surface area (Å²) in [6.45, 7) is 0. The molecule has 0 aromatic carbocycles. The van der Waals surface area contributed by atoms with Crippen LogP contribution in [-0.4, -0.2) is 49.7 Å². The van der Waals surface area contributed by atoms with Crippen LogP contribution in [0.3, 0.4) is 0 Å². The van der Waals surface area contributed by atoms with Gasteiger partial charge in [0.05, 0.1) is 11.9 Å². The van der Waals surface area contributed by atoms with Crippen LogP contribution in [0.15, 0.2) is 35.0 Å². The van der Waals surface area contributed by atoms with E-state index in [-0.39, 0.29) is 47.5 Å². The van der Waals surface area contributed by atoms with E-state index in [9.17, 15) is 19.8 Å². The van der Waals surface area contributed by atoms with Gasteiger partial charge in [-0.05, 0) is 22.9 Å². The Morgan fingerprint density at radius 3 is 1.35 bits per heavy atom. The summed E-state index contributed by atoms with van der Waals surface area (Å²) >= 11 is 2.34. The van der Waals surface area contributed by atoms with Gasteiger partial charge in [0.1, 0.15) is 0 Å². The summed E-state index contributed by atoms with van der Waals surface area (Å²) in [6.07, 6.45) is 0. The molecule has 0 amide bonds. The molecule has 0 fully saturated rings. The second kappa shape index (κ2) is 8.66. The number of hydrogen-bond donors (Lipinski definition) is 0. The molecule has 2 aromatic rings. The number of carbonyl (C=O) groups is 2. The first-order valence-corrected chi connectivity index (χ1v) is 5.87. The maximum absolute atomic E-state index is 9.96. The summed E-state index contributed by atoms with van der Waals surface area (Å²) < 4.78 is 0. The molecule has 0 radical (unpaired) electrons. The Kier molecular flexibility index (Phi) is 8.45. The van der Waals surface area contributed by atoms with E-state index >= 15 is 0 Å². The van der Waals surface area contributed by atoms with Crippen molar-refractivity contribution < 1.29 is 19.8 Å². The Bertz CT molecular complexity index is 406. The first-order valence-electron chi connectivity index (χ1n) is 4.11. The largest absolute Gasteiger partial charge is 2.00 e. The zero-order valence-electron chi connectivity index (χ0n) is 8.62. The third-order valence-corrected chi connectivity index (χ3v) is 3.14. The fourth-order valence-electron chi connectivity index (χ4n) is 0.789. The summed E-state index contributed by atoms with van der Waals surface area (Å²) in [5.74, 6) is -2.19. The molecule has 0 bridgehead atoms. The fourth-order valence-corrected chi connectivity index (χ4v) is 1.90. The number of hydrogen-bond acceptors (Lipinski definition) is 6. The first-order chi connectivity index (χ1) is 7.61. The topological polar surface area (TPSA) is 80.3 Å². The molecule has 0 aliphatic rings. The minimum absolute atomic E-state index is 0. The van der Waals surface area contributed by atoms with E-state index in [1.807, 2.05) is 0 Å². The number of carboxylic acids is 2. The van der Waals surface area contributed by atoms with Gasteiger partial charge in [0.25, 0.3) is 0 Å². The van der Waals surface area contributed by atoms with E-state index in [1.54, 1.807) is 22.9 Å². The van der Waals surface area contributed by atoms with E-state index in [2.05, 4.69) is 0 Å². The van der Waals surface area contributed by atoms with Crippen molar-refractivity contribution in [1.29, 1.82) is 0 Å². The molecule has 0 saturated carbocycles. The third kappa shape index (κ3) is 6.18. The van der Waals surface area contributed by atoms with Crippen molar-refractivity contribution >= 4 is 72.4 Å². The Hall–Kier alpha value is -0.400. The summed E-state index contributed by atoms with van der Waals surface area (Å²) in [6, 6.07) is 6.38. The molecule has 0 aliphatic carbocycles. The quantitative estimate of drug-likeness (QED) is 0.721. The van der Waals surface area contributed by atoms with Crippen LogP contribution in [0.25, 0.3) is 0 Å². The average molecular weight is 294 g/mol. The van der Waals surface area contributed by atoms with Crippen molar-refractivity contribution in [3.8, 4) is 0 Å². The molecule has 7 heteroatoms.